The number of halogens is 1. The Bertz CT molecular complexity index is 1240. The van der Waals surface area contributed by atoms with Gasteiger partial charge in [0.05, 0.1) is 11.2 Å². The molecule has 1 aliphatic heterocycles. The van der Waals surface area contributed by atoms with E-state index in [9.17, 15) is 9.59 Å². The summed E-state index contributed by atoms with van der Waals surface area (Å²) in [5, 5.41) is 3.81. The van der Waals surface area contributed by atoms with Gasteiger partial charge in [0.25, 0.3) is 5.56 Å². The molecule has 2 fully saturated rings. The molecule has 0 amide bonds. The maximum Gasteiger partial charge on any atom is 0.271 e. The van der Waals surface area contributed by atoms with Crippen molar-refractivity contribution >= 4 is 38.3 Å². The summed E-state index contributed by atoms with van der Waals surface area (Å²) in [4.78, 5) is 27.9. The van der Waals surface area contributed by atoms with Crippen LogP contribution in [0.15, 0.2) is 21.7 Å². The van der Waals surface area contributed by atoms with Gasteiger partial charge >= 0.3 is 0 Å². The van der Waals surface area contributed by atoms with Crippen LogP contribution >= 0.6 is 11.5 Å². The Balaban J connectivity index is 1.69. The average molecular weight is 417 g/mol. The number of nitrogens with one attached hydrogen (secondary N) is 2. The lowest BCUT2D eigenvalue weighted by Gasteiger charge is -2.31. The minimum atomic E-state index is -0.397. The van der Waals surface area contributed by atoms with Crippen LogP contribution in [0, 0.1) is 11.7 Å². The van der Waals surface area contributed by atoms with E-state index in [-0.39, 0.29) is 28.0 Å². The zero-order valence-corrected chi connectivity index (χ0v) is 17.7. The van der Waals surface area contributed by atoms with E-state index >= 15 is 4.39 Å². The first-order valence-electron chi connectivity index (χ1n) is 10.1. The number of hydrogen-bond acceptors (Lipinski definition) is 5. The Morgan fingerprint density at radius 2 is 2.00 bits per heavy atom. The zero-order chi connectivity index (χ0) is 20.5. The highest BCUT2D eigenvalue weighted by molar-refractivity contribution is 7.12. The normalized spacial score (nSPS) is 20.3. The molecule has 154 valence electrons. The molecule has 1 unspecified atom stereocenters. The van der Waals surface area contributed by atoms with Crippen molar-refractivity contribution in [2.24, 2.45) is 5.92 Å². The van der Waals surface area contributed by atoms with Gasteiger partial charge in [0.2, 0.25) is 5.43 Å². The van der Waals surface area contributed by atoms with Gasteiger partial charge in [0, 0.05) is 30.1 Å². The molecule has 1 aliphatic carbocycles. The second-order valence-corrected chi connectivity index (χ2v) is 9.66. The molecular formula is C21H25FN4O2S. The molecule has 5 rings (SSSR count). The van der Waals surface area contributed by atoms with Crippen LogP contribution in [0.3, 0.4) is 0 Å². The van der Waals surface area contributed by atoms with Gasteiger partial charge in [-0.3, -0.25) is 14.0 Å². The average Bonchev–Trinajstić information content (AvgIpc) is 3.26. The third-order valence-corrected chi connectivity index (χ3v) is 7.68. The Morgan fingerprint density at radius 3 is 2.69 bits per heavy atom. The largest absolute Gasteiger partial charge is 0.369 e. The van der Waals surface area contributed by atoms with Crippen LogP contribution in [0.25, 0.3) is 21.1 Å². The van der Waals surface area contributed by atoms with Gasteiger partial charge in [-0.05, 0) is 69.7 Å². The number of rotatable bonds is 4. The third kappa shape index (κ3) is 2.84. The summed E-state index contributed by atoms with van der Waals surface area (Å²) in [6.45, 7) is 5.90. The minimum Gasteiger partial charge on any atom is -0.369 e. The zero-order valence-electron chi connectivity index (χ0n) is 16.8. The van der Waals surface area contributed by atoms with Gasteiger partial charge in [-0.1, -0.05) is 0 Å². The van der Waals surface area contributed by atoms with E-state index in [1.165, 1.54) is 17.6 Å². The highest BCUT2D eigenvalue weighted by Crippen LogP contribution is 2.41. The van der Waals surface area contributed by atoms with Crippen LogP contribution < -0.4 is 21.2 Å². The van der Waals surface area contributed by atoms with Crippen molar-refractivity contribution in [1.29, 1.82) is 0 Å². The van der Waals surface area contributed by atoms with Gasteiger partial charge in [-0.2, -0.15) is 0 Å². The number of aromatic nitrogens is 2. The van der Waals surface area contributed by atoms with Crippen LogP contribution in [0.4, 0.5) is 10.1 Å². The molecule has 2 N–H and O–H groups in total. The van der Waals surface area contributed by atoms with Gasteiger partial charge in [0.15, 0.2) is 0 Å². The number of benzene rings is 1. The number of pyridine rings is 1. The predicted octanol–water partition coefficient (Wildman–Crippen LogP) is 3.20. The first-order chi connectivity index (χ1) is 13.8. The van der Waals surface area contributed by atoms with E-state index in [1.54, 1.807) is 0 Å². The molecule has 0 bridgehead atoms. The summed E-state index contributed by atoms with van der Waals surface area (Å²) >= 11 is 1.20. The van der Waals surface area contributed by atoms with E-state index < -0.39 is 5.82 Å². The molecule has 0 spiro atoms. The fraction of sp³-hybridized carbons (Fsp3) is 0.524. The van der Waals surface area contributed by atoms with Gasteiger partial charge in [-0.15, -0.1) is 0 Å². The topological polar surface area (TPSA) is 70.1 Å². The fourth-order valence-corrected chi connectivity index (χ4v) is 5.47. The molecular weight excluding hydrogens is 391 g/mol. The number of nitrogens with zero attached hydrogens (tertiary/aromatic N) is 2. The fourth-order valence-electron chi connectivity index (χ4n) is 4.55. The maximum absolute atomic E-state index is 15.1. The first kappa shape index (κ1) is 18.8. The summed E-state index contributed by atoms with van der Waals surface area (Å²) in [6, 6.07) is 3.42. The molecule has 1 saturated carbocycles. The van der Waals surface area contributed by atoms with Gasteiger partial charge in [-0.25, -0.2) is 4.39 Å². The van der Waals surface area contributed by atoms with Crippen LogP contribution in [-0.2, 0) is 0 Å². The van der Waals surface area contributed by atoms with Crippen LogP contribution in [0.5, 0.6) is 0 Å². The standard InChI is InChI=1S/C21H25FN4O2S/c1-21(2,23-3)11-6-7-25(10-11)16-9-15-13(8-14(16)22)18(27)17-19(28)24-29-20(17)26(15)12-4-5-12/h8-9,11-12,23H,4-7,10H2,1-3H3,(H,24,28). The van der Waals surface area contributed by atoms with Crippen molar-refractivity contribution in [3.8, 4) is 0 Å². The third-order valence-electron chi connectivity index (χ3n) is 6.80. The number of hydrogen-bond donors (Lipinski definition) is 2. The molecule has 1 atom stereocenters. The first-order valence-corrected chi connectivity index (χ1v) is 11.0. The Labute approximate surface area is 171 Å². The molecule has 8 heteroatoms. The monoisotopic (exact) mass is 416 g/mol. The Hall–Kier alpha value is -2.19. The van der Waals surface area contributed by atoms with Crippen molar-refractivity contribution in [3.63, 3.8) is 0 Å². The lowest BCUT2D eigenvalue weighted by Crippen LogP contribution is -2.45. The summed E-state index contributed by atoms with van der Waals surface area (Å²) in [6.07, 6.45) is 3.00. The highest BCUT2D eigenvalue weighted by atomic mass is 32.1. The number of H-pyrrole nitrogens is 1. The van der Waals surface area contributed by atoms with Crippen molar-refractivity contribution in [2.45, 2.75) is 44.7 Å². The number of fused-ring (bicyclic) bond motifs is 2. The van der Waals surface area contributed by atoms with Gasteiger partial charge in [0.1, 0.15) is 16.0 Å². The van der Waals surface area contributed by atoms with Crippen molar-refractivity contribution < 1.29 is 4.39 Å². The van der Waals surface area contributed by atoms with Gasteiger partial charge < -0.3 is 14.8 Å². The molecule has 6 nitrogen and oxygen atoms in total. The van der Waals surface area contributed by atoms with E-state index in [0.29, 0.717) is 21.8 Å². The Kier molecular flexibility index (Phi) is 4.15. The maximum atomic E-state index is 15.1. The Morgan fingerprint density at radius 1 is 1.24 bits per heavy atom. The van der Waals surface area contributed by atoms with Crippen molar-refractivity contribution in [2.75, 3.05) is 25.0 Å². The summed E-state index contributed by atoms with van der Waals surface area (Å²) in [5.74, 6) is 0.0106. The minimum absolute atomic E-state index is 0.0261. The van der Waals surface area contributed by atoms with Crippen LogP contribution in [0.2, 0.25) is 0 Å². The van der Waals surface area contributed by atoms with Crippen LogP contribution in [0.1, 0.15) is 39.2 Å². The molecule has 29 heavy (non-hydrogen) atoms. The van der Waals surface area contributed by atoms with E-state index in [1.807, 2.05) is 13.1 Å². The lowest BCUT2D eigenvalue weighted by atomic mass is 9.87. The second-order valence-electron chi connectivity index (χ2n) is 8.87. The second kappa shape index (κ2) is 6.40. The summed E-state index contributed by atoms with van der Waals surface area (Å²) in [7, 11) is 1.96. The smallest absolute Gasteiger partial charge is 0.271 e. The quantitative estimate of drug-likeness (QED) is 0.685. The molecule has 1 aromatic carbocycles. The lowest BCUT2D eigenvalue weighted by molar-refractivity contribution is 0.290. The highest BCUT2D eigenvalue weighted by Gasteiger charge is 2.35. The van der Waals surface area contributed by atoms with E-state index in [0.717, 1.165) is 37.9 Å². The van der Waals surface area contributed by atoms with Crippen LogP contribution in [-0.4, -0.2) is 34.6 Å². The molecule has 3 aromatic rings. The van der Waals surface area contributed by atoms with E-state index in [2.05, 4.69) is 33.0 Å². The van der Waals surface area contributed by atoms with E-state index in [4.69, 9.17) is 0 Å². The number of anilines is 1. The summed E-state index contributed by atoms with van der Waals surface area (Å²) < 4.78 is 19.9. The van der Waals surface area contributed by atoms with Crippen molar-refractivity contribution in [1.82, 2.24) is 14.3 Å². The molecule has 2 aliphatic rings. The number of aromatic amines is 1. The SMILES string of the molecule is CNC(C)(C)C1CCN(c2cc3c(cc2F)c(=O)c2c(=O)[nH]sc2n3C2CC2)C1. The molecule has 1 saturated heterocycles. The molecule has 2 aromatic heterocycles. The summed E-state index contributed by atoms with van der Waals surface area (Å²) in [5.41, 5.74) is 0.487. The molecule has 0 radical (unpaired) electrons. The van der Waals surface area contributed by atoms with Crippen molar-refractivity contribution in [3.05, 3.63) is 38.5 Å². The molecule has 3 heterocycles. The predicted molar refractivity (Wildman–Crippen MR) is 116 cm³/mol.